The molecule has 7 heteroatoms. The van der Waals surface area contributed by atoms with Crippen LogP contribution < -0.4 is 5.43 Å². The second-order valence-electron chi connectivity index (χ2n) is 4.59. The quantitative estimate of drug-likeness (QED) is 0.843. The molecule has 0 bridgehead atoms. The Kier molecular flexibility index (Phi) is 3.98. The molecule has 1 aromatic carbocycles. The van der Waals surface area contributed by atoms with Gasteiger partial charge in [-0.1, -0.05) is 40.5 Å². The minimum absolute atomic E-state index is 0.00895. The number of hydrogen-bond donors (Lipinski definition) is 1. The first kappa shape index (κ1) is 14.5. The van der Waals surface area contributed by atoms with Crippen molar-refractivity contribution in [3.05, 3.63) is 29.8 Å². The molecule has 0 radical (unpaired) electrons. The van der Waals surface area contributed by atoms with Crippen molar-refractivity contribution in [3.8, 4) is 0 Å². The van der Waals surface area contributed by atoms with E-state index in [0.29, 0.717) is 0 Å². The van der Waals surface area contributed by atoms with Crippen molar-refractivity contribution in [1.29, 1.82) is 0 Å². The summed E-state index contributed by atoms with van der Waals surface area (Å²) in [6.07, 6.45) is 0.164. The molecular weight excluding hydrogens is 332 g/mol. The van der Waals surface area contributed by atoms with Gasteiger partial charge in [0.1, 0.15) is 0 Å². The van der Waals surface area contributed by atoms with Gasteiger partial charge in [0, 0.05) is 17.3 Å². The van der Waals surface area contributed by atoms with Gasteiger partial charge in [-0.25, -0.2) is 5.43 Å². The van der Waals surface area contributed by atoms with Gasteiger partial charge in [0.2, 0.25) is 0 Å². The second kappa shape index (κ2) is 5.22. The molecule has 1 amide bonds. The van der Waals surface area contributed by atoms with Gasteiger partial charge in [0.15, 0.2) is 0 Å². The Bertz CT molecular complexity index is 583. The van der Waals surface area contributed by atoms with Crippen molar-refractivity contribution in [2.24, 2.45) is 0 Å². The molecule has 0 unspecified atom stereocenters. The largest absolute Gasteiger partial charge is 0.280 e. The van der Waals surface area contributed by atoms with Crippen LogP contribution in [0.5, 0.6) is 0 Å². The van der Waals surface area contributed by atoms with Crippen LogP contribution in [0, 0.1) is 6.92 Å². The van der Waals surface area contributed by atoms with E-state index < -0.39 is 15.9 Å². The van der Waals surface area contributed by atoms with Crippen molar-refractivity contribution >= 4 is 31.9 Å². The SMILES string of the molecule is Cc1ccc(S(=O)(=O)N2N[C@@H]([C@@H](C)Br)CC2=O)cc1. The van der Waals surface area contributed by atoms with Crippen molar-refractivity contribution < 1.29 is 13.2 Å². The smallest absolute Gasteiger partial charge is 0.272 e. The number of sulfonamides is 1. The zero-order valence-corrected chi connectivity index (χ0v) is 13.0. The summed E-state index contributed by atoms with van der Waals surface area (Å²) < 4.78 is 25.5. The molecule has 2 atom stereocenters. The first-order valence-corrected chi connectivity index (χ1v) is 8.23. The molecule has 1 fully saturated rings. The highest BCUT2D eigenvalue weighted by molar-refractivity contribution is 9.09. The van der Waals surface area contributed by atoms with Crippen molar-refractivity contribution in [2.45, 2.75) is 36.0 Å². The maximum atomic E-state index is 12.4. The third-order valence-corrected chi connectivity index (χ3v) is 5.31. The number of aryl methyl sites for hydroxylation is 1. The van der Waals surface area contributed by atoms with E-state index >= 15 is 0 Å². The summed E-state index contributed by atoms with van der Waals surface area (Å²) in [5.41, 5.74) is 3.71. The Morgan fingerprint density at radius 1 is 1.37 bits per heavy atom. The maximum absolute atomic E-state index is 12.4. The highest BCUT2D eigenvalue weighted by Crippen LogP contribution is 2.23. The average molecular weight is 347 g/mol. The zero-order valence-electron chi connectivity index (χ0n) is 10.6. The van der Waals surface area contributed by atoms with Crippen molar-refractivity contribution in [1.82, 2.24) is 9.84 Å². The Morgan fingerprint density at radius 3 is 2.42 bits per heavy atom. The summed E-state index contributed by atoms with van der Waals surface area (Å²) in [7, 11) is -3.82. The maximum Gasteiger partial charge on any atom is 0.280 e. The van der Waals surface area contributed by atoms with Crippen LogP contribution >= 0.6 is 15.9 Å². The van der Waals surface area contributed by atoms with Crippen LogP contribution in [0.1, 0.15) is 18.9 Å². The zero-order chi connectivity index (χ0) is 14.2. The number of hydrogen-bond acceptors (Lipinski definition) is 4. The van der Waals surface area contributed by atoms with E-state index in [2.05, 4.69) is 21.4 Å². The molecule has 1 aromatic rings. The van der Waals surface area contributed by atoms with Crippen LogP contribution in [-0.2, 0) is 14.8 Å². The third-order valence-electron chi connectivity index (χ3n) is 3.02. The number of halogens is 1. The number of alkyl halides is 1. The molecule has 0 aliphatic carbocycles. The highest BCUT2D eigenvalue weighted by Gasteiger charge is 2.39. The van der Waals surface area contributed by atoms with Gasteiger partial charge < -0.3 is 0 Å². The van der Waals surface area contributed by atoms with Crippen molar-refractivity contribution in [2.75, 3.05) is 0 Å². The molecule has 1 aliphatic heterocycles. The average Bonchev–Trinajstić information content (AvgIpc) is 2.73. The molecule has 1 N–H and O–H groups in total. The topological polar surface area (TPSA) is 66.5 Å². The fourth-order valence-corrected chi connectivity index (χ4v) is 3.44. The predicted octanol–water partition coefficient (Wildman–Crippen LogP) is 1.57. The minimum Gasteiger partial charge on any atom is -0.272 e. The molecule has 1 heterocycles. The number of rotatable bonds is 3. The lowest BCUT2D eigenvalue weighted by Crippen LogP contribution is -2.43. The van der Waals surface area contributed by atoms with Crippen LogP contribution in [-0.4, -0.2) is 29.6 Å². The summed E-state index contributed by atoms with van der Waals surface area (Å²) in [4.78, 5) is 12.0. The molecule has 104 valence electrons. The molecule has 1 aliphatic rings. The summed E-state index contributed by atoms with van der Waals surface area (Å²) >= 11 is 3.35. The lowest BCUT2D eigenvalue weighted by molar-refractivity contribution is -0.124. The first-order chi connectivity index (χ1) is 8.82. The molecule has 5 nitrogen and oxygen atoms in total. The van der Waals surface area contributed by atoms with E-state index in [4.69, 9.17) is 0 Å². The van der Waals surface area contributed by atoms with E-state index in [1.165, 1.54) is 12.1 Å². The molecule has 0 spiro atoms. The van der Waals surface area contributed by atoms with Crippen LogP contribution in [0.25, 0.3) is 0 Å². The number of carbonyl (C=O) groups is 1. The summed E-state index contributed by atoms with van der Waals surface area (Å²) in [6, 6.07) is 6.21. The lowest BCUT2D eigenvalue weighted by Gasteiger charge is -2.19. The number of hydrazine groups is 1. The second-order valence-corrected chi connectivity index (χ2v) is 7.82. The van der Waals surface area contributed by atoms with Gasteiger partial charge in [0.05, 0.1) is 4.90 Å². The number of amides is 1. The van der Waals surface area contributed by atoms with Gasteiger partial charge in [-0.3, -0.25) is 4.79 Å². The summed E-state index contributed by atoms with van der Waals surface area (Å²) in [5, 5.41) is 0. The van der Waals surface area contributed by atoms with Crippen LogP contribution in [0.15, 0.2) is 29.2 Å². The fraction of sp³-hybridized carbons (Fsp3) is 0.417. The molecular formula is C12H15BrN2O3S. The van der Waals surface area contributed by atoms with E-state index in [1.54, 1.807) is 12.1 Å². The Balaban J connectivity index is 2.30. The van der Waals surface area contributed by atoms with E-state index in [0.717, 1.165) is 9.98 Å². The normalized spacial score (nSPS) is 21.7. The Morgan fingerprint density at radius 2 is 1.95 bits per heavy atom. The monoisotopic (exact) mass is 346 g/mol. The standard InChI is InChI=1S/C12H15BrN2O3S/c1-8-3-5-10(6-4-8)19(17,18)15-12(16)7-11(14-15)9(2)13/h3-6,9,11,14H,7H2,1-2H3/t9-,11-/m1/s1. The lowest BCUT2D eigenvalue weighted by atomic mass is 10.2. The highest BCUT2D eigenvalue weighted by atomic mass is 79.9. The predicted molar refractivity (Wildman–Crippen MR) is 75.1 cm³/mol. The van der Waals surface area contributed by atoms with E-state index in [9.17, 15) is 13.2 Å². The number of nitrogens with one attached hydrogen (secondary N) is 1. The number of nitrogens with zero attached hydrogens (tertiary/aromatic N) is 1. The van der Waals surface area contributed by atoms with E-state index in [1.807, 2.05) is 13.8 Å². The summed E-state index contributed by atoms with van der Waals surface area (Å²) in [6.45, 7) is 3.74. The van der Waals surface area contributed by atoms with Gasteiger partial charge in [0.25, 0.3) is 15.9 Å². The minimum atomic E-state index is -3.82. The van der Waals surface area contributed by atoms with Gasteiger partial charge in [-0.05, 0) is 19.1 Å². The van der Waals surface area contributed by atoms with Gasteiger partial charge >= 0.3 is 0 Å². The molecule has 1 saturated heterocycles. The summed E-state index contributed by atoms with van der Waals surface area (Å²) in [5.74, 6) is -0.433. The number of benzene rings is 1. The molecule has 0 aromatic heterocycles. The Labute approximate surface area is 121 Å². The fourth-order valence-electron chi connectivity index (χ4n) is 1.82. The third kappa shape index (κ3) is 2.82. The number of carbonyl (C=O) groups excluding carboxylic acids is 1. The van der Waals surface area contributed by atoms with Crippen molar-refractivity contribution in [3.63, 3.8) is 0 Å². The van der Waals surface area contributed by atoms with Crippen LogP contribution in [0.4, 0.5) is 0 Å². The molecule has 2 rings (SSSR count). The Hall–Kier alpha value is -0.920. The first-order valence-electron chi connectivity index (χ1n) is 5.87. The molecule has 19 heavy (non-hydrogen) atoms. The van der Waals surface area contributed by atoms with Gasteiger partial charge in [-0.2, -0.15) is 12.8 Å². The molecule has 0 saturated carbocycles. The van der Waals surface area contributed by atoms with Crippen LogP contribution in [0.3, 0.4) is 0 Å². The van der Waals surface area contributed by atoms with E-state index in [-0.39, 0.29) is 22.2 Å². The van der Waals surface area contributed by atoms with Gasteiger partial charge in [-0.15, -0.1) is 0 Å². The van der Waals surface area contributed by atoms with Crippen LogP contribution in [0.2, 0.25) is 0 Å².